The number of hydrogen-bond acceptors (Lipinski definition) is 3. The Morgan fingerprint density at radius 3 is 2.17 bits per heavy atom. The van der Waals surface area contributed by atoms with E-state index in [-0.39, 0.29) is 17.9 Å². The largest absolute Gasteiger partial charge is 0.367 e. The molecule has 35 heavy (non-hydrogen) atoms. The molecule has 0 aliphatic carbocycles. The first-order valence-corrected chi connectivity index (χ1v) is 11.9. The number of fused-ring (bicyclic) bond motifs is 3. The van der Waals surface area contributed by atoms with Crippen LogP contribution < -0.4 is 15.6 Å². The topological polar surface area (TPSA) is 54.3 Å². The van der Waals surface area contributed by atoms with Crippen LogP contribution in [0.3, 0.4) is 0 Å². The highest BCUT2D eigenvalue weighted by Crippen LogP contribution is 2.30. The van der Waals surface area contributed by atoms with Crippen molar-refractivity contribution < 1.29 is 4.79 Å². The summed E-state index contributed by atoms with van der Waals surface area (Å²) in [6.45, 7) is 1.82. The number of para-hydroxylation sites is 4. The number of pyridine rings is 1. The van der Waals surface area contributed by atoms with Crippen molar-refractivity contribution in [1.82, 2.24) is 4.57 Å². The number of amides is 1. The van der Waals surface area contributed by atoms with Crippen molar-refractivity contribution in [3.05, 3.63) is 118 Å². The third-order valence-electron chi connectivity index (χ3n) is 6.82. The number of nitrogens with one attached hydrogen (secondary N) is 1. The zero-order valence-corrected chi connectivity index (χ0v) is 19.3. The summed E-state index contributed by atoms with van der Waals surface area (Å²) in [6, 6.07) is 31.4. The van der Waals surface area contributed by atoms with Crippen LogP contribution >= 0.6 is 0 Å². The molecule has 6 rings (SSSR count). The number of carbonyl (C=O) groups is 1. The Morgan fingerprint density at radius 2 is 1.40 bits per heavy atom. The summed E-state index contributed by atoms with van der Waals surface area (Å²) in [4.78, 5) is 28.7. The maximum Gasteiger partial charge on any atom is 0.244 e. The molecule has 1 aromatic heterocycles. The van der Waals surface area contributed by atoms with Gasteiger partial charge in [0.25, 0.3) is 0 Å². The summed E-state index contributed by atoms with van der Waals surface area (Å²) < 4.78 is 1.93. The lowest BCUT2D eigenvalue weighted by Gasteiger charge is -2.22. The van der Waals surface area contributed by atoms with Crippen LogP contribution in [0.2, 0.25) is 0 Å². The van der Waals surface area contributed by atoms with E-state index in [1.54, 1.807) is 0 Å². The van der Waals surface area contributed by atoms with Gasteiger partial charge in [0.15, 0.2) is 5.43 Å². The van der Waals surface area contributed by atoms with E-state index in [1.165, 1.54) is 11.3 Å². The molecule has 0 radical (unpaired) electrons. The zero-order valence-electron chi connectivity index (χ0n) is 19.3. The average molecular weight is 460 g/mol. The van der Waals surface area contributed by atoms with E-state index in [4.69, 9.17) is 0 Å². The summed E-state index contributed by atoms with van der Waals surface area (Å²) >= 11 is 0. The predicted molar refractivity (Wildman–Crippen MR) is 142 cm³/mol. The molecule has 0 unspecified atom stereocenters. The molecule has 4 aromatic carbocycles. The average Bonchev–Trinajstić information content (AvgIpc) is 3.30. The molecule has 0 fully saturated rings. The zero-order chi connectivity index (χ0) is 23.8. The van der Waals surface area contributed by atoms with Crippen molar-refractivity contribution >= 4 is 39.1 Å². The number of hydrogen-bond donors (Lipinski definition) is 1. The van der Waals surface area contributed by atoms with Gasteiger partial charge in [0.1, 0.15) is 6.54 Å². The molecule has 0 bridgehead atoms. The Balaban J connectivity index is 1.30. The number of carbonyl (C=O) groups excluding carboxylic acids is 1. The van der Waals surface area contributed by atoms with E-state index in [0.717, 1.165) is 41.8 Å². The highest BCUT2D eigenvalue weighted by Gasteiger charge is 2.20. The van der Waals surface area contributed by atoms with Crippen molar-refractivity contribution in [2.24, 2.45) is 0 Å². The summed E-state index contributed by atoms with van der Waals surface area (Å²) in [7, 11) is 0. The van der Waals surface area contributed by atoms with Gasteiger partial charge in [-0.25, -0.2) is 0 Å². The van der Waals surface area contributed by atoms with Crippen LogP contribution in [0.1, 0.15) is 11.1 Å². The maximum absolute atomic E-state index is 13.3. The molecule has 2 heterocycles. The smallest absolute Gasteiger partial charge is 0.244 e. The van der Waals surface area contributed by atoms with Gasteiger partial charge in [-0.1, -0.05) is 60.7 Å². The van der Waals surface area contributed by atoms with Crippen molar-refractivity contribution in [2.75, 3.05) is 16.8 Å². The van der Waals surface area contributed by atoms with Gasteiger partial charge in [-0.15, -0.1) is 0 Å². The van der Waals surface area contributed by atoms with Crippen LogP contribution in [0.4, 0.5) is 11.4 Å². The molecule has 5 aromatic rings. The molecule has 0 atom stereocenters. The standard InChI is InChI=1S/C30H25N3O2/c34-29(20-33-27-15-7-3-11-23(27)30(35)24-12-4-8-16-28(24)33)31-25-13-5-1-10-22(25)19-32-18-17-21-9-2-6-14-26(21)32/h1-16H,17-20H2,(H,31,34). The monoisotopic (exact) mass is 459 g/mol. The minimum atomic E-state index is -0.127. The van der Waals surface area contributed by atoms with Crippen LogP contribution in [0.25, 0.3) is 21.8 Å². The molecule has 5 nitrogen and oxygen atoms in total. The molecule has 1 aliphatic rings. The second-order valence-corrected chi connectivity index (χ2v) is 8.96. The van der Waals surface area contributed by atoms with Crippen molar-refractivity contribution in [2.45, 2.75) is 19.5 Å². The van der Waals surface area contributed by atoms with Gasteiger partial charge in [-0.3, -0.25) is 9.59 Å². The Kier molecular flexibility index (Phi) is 5.30. The SMILES string of the molecule is O=C(Cn1c2ccccc2c(=O)c2ccccc21)Nc1ccccc1CN1CCc2ccccc21. The Bertz CT molecular complexity index is 1580. The molecule has 1 amide bonds. The number of benzene rings is 4. The van der Waals surface area contributed by atoms with Gasteiger partial charge >= 0.3 is 0 Å². The lowest BCUT2D eigenvalue weighted by atomic mass is 10.1. The van der Waals surface area contributed by atoms with Gasteiger partial charge in [-0.05, 0) is 53.9 Å². The normalized spacial score (nSPS) is 12.7. The molecule has 172 valence electrons. The predicted octanol–water partition coefficient (Wildman–Crippen LogP) is 5.36. The van der Waals surface area contributed by atoms with Gasteiger partial charge in [0.2, 0.25) is 5.91 Å². The third-order valence-corrected chi connectivity index (χ3v) is 6.82. The van der Waals surface area contributed by atoms with E-state index in [9.17, 15) is 9.59 Å². The number of aromatic nitrogens is 1. The number of nitrogens with zero attached hydrogens (tertiary/aromatic N) is 2. The molecular formula is C30H25N3O2. The fourth-order valence-corrected chi connectivity index (χ4v) is 5.14. The van der Waals surface area contributed by atoms with Crippen LogP contribution in [-0.2, 0) is 24.3 Å². The van der Waals surface area contributed by atoms with Crippen molar-refractivity contribution in [3.8, 4) is 0 Å². The summed E-state index contributed by atoms with van der Waals surface area (Å²) in [5, 5.41) is 4.37. The quantitative estimate of drug-likeness (QED) is 0.360. The first kappa shape index (κ1) is 21.2. The lowest BCUT2D eigenvalue weighted by Crippen LogP contribution is -2.24. The molecule has 0 saturated heterocycles. The van der Waals surface area contributed by atoms with Crippen LogP contribution in [0.5, 0.6) is 0 Å². The maximum atomic E-state index is 13.3. The highest BCUT2D eigenvalue weighted by atomic mass is 16.2. The van der Waals surface area contributed by atoms with E-state index < -0.39 is 0 Å². The molecule has 0 saturated carbocycles. The van der Waals surface area contributed by atoms with Gasteiger partial charge in [-0.2, -0.15) is 0 Å². The van der Waals surface area contributed by atoms with Crippen molar-refractivity contribution in [1.29, 1.82) is 0 Å². The van der Waals surface area contributed by atoms with Crippen LogP contribution in [0, 0.1) is 0 Å². The fourth-order valence-electron chi connectivity index (χ4n) is 5.14. The number of rotatable bonds is 5. The third kappa shape index (κ3) is 3.85. The molecule has 0 spiro atoms. The minimum Gasteiger partial charge on any atom is -0.367 e. The summed E-state index contributed by atoms with van der Waals surface area (Å²) in [5.74, 6) is -0.127. The molecule has 5 heteroatoms. The Morgan fingerprint density at radius 1 is 0.771 bits per heavy atom. The first-order valence-electron chi connectivity index (χ1n) is 11.9. The summed E-state index contributed by atoms with van der Waals surface area (Å²) in [6.07, 6.45) is 1.04. The first-order chi connectivity index (χ1) is 17.2. The van der Waals surface area contributed by atoms with Gasteiger partial charge < -0.3 is 14.8 Å². The second-order valence-electron chi connectivity index (χ2n) is 8.96. The van der Waals surface area contributed by atoms with E-state index in [2.05, 4.69) is 40.5 Å². The highest BCUT2D eigenvalue weighted by molar-refractivity contribution is 5.97. The van der Waals surface area contributed by atoms with E-state index >= 15 is 0 Å². The van der Waals surface area contributed by atoms with Crippen molar-refractivity contribution in [3.63, 3.8) is 0 Å². The van der Waals surface area contributed by atoms with E-state index in [0.29, 0.717) is 10.8 Å². The Hall–Kier alpha value is -4.38. The minimum absolute atomic E-state index is 0.0101. The molecule has 1 aliphatic heterocycles. The van der Waals surface area contributed by atoms with E-state index in [1.807, 2.05) is 71.3 Å². The molecule has 1 N–H and O–H groups in total. The van der Waals surface area contributed by atoms with Gasteiger partial charge in [0.05, 0.1) is 11.0 Å². The van der Waals surface area contributed by atoms with Gasteiger partial charge in [0, 0.05) is 35.2 Å². The lowest BCUT2D eigenvalue weighted by molar-refractivity contribution is -0.116. The second kappa shape index (κ2) is 8.76. The molecular weight excluding hydrogens is 434 g/mol. The van der Waals surface area contributed by atoms with Crippen LogP contribution in [-0.4, -0.2) is 17.0 Å². The fraction of sp³-hybridized carbons (Fsp3) is 0.133. The van der Waals surface area contributed by atoms with Crippen LogP contribution in [0.15, 0.2) is 102 Å². The Labute approximate surface area is 203 Å². The number of anilines is 2. The summed E-state index contributed by atoms with van der Waals surface area (Å²) in [5.41, 5.74) is 6.03.